The molecule has 3 aromatic rings. The molecule has 0 radical (unpaired) electrons. The van der Waals surface area contributed by atoms with Crippen LogP contribution >= 0.6 is 11.8 Å². The van der Waals surface area contributed by atoms with Crippen molar-refractivity contribution in [2.75, 3.05) is 0 Å². The average molecular weight is 517 g/mol. The van der Waals surface area contributed by atoms with Gasteiger partial charge in [0.2, 0.25) is 0 Å². The fourth-order valence-corrected chi connectivity index (χ4v) is 5.47. The zero-order valence-corrected chi connectivity index (χ0v) is 22.6. The van der Waals surface area contributed by atoms with E-state index >= 15 is 0 Å². The van der Waals surface area contributed by atoms with Crippen molar-refractivity contribution in [2.45, 2.75) is 75.4 Å². The highest BCUT2D eigenvalue weighted by Crippen LogP contribution is 2.40. The van der Waals surface area contributed by atoms with Crippen LogP contribution in [0.1, 0.15) is 96.7 Å². The van der Waals surface area contributed by atoms with Crippen molar-refractivity contribution < 1.29 is 19.5 Å². The van der Waals surface area contributed by atoms with Crippen LogP contribution in [0.2, 0.25) is 0 Å². The van der Waals surface area contributed by atoms with Crippen LogP contribution in [-0.4, -0.2) is 22.6 Å². The lowest BCUT2D eigenvalue weighted by molar-refractivity contribution is -0.137. The number of rotatable bonds is 15. The Kier molecular flexibility index (Phi) is 11.2. The molecule has 0 bridgehead atoms. The van der Waals surface area contributed by atoms with E-state index in [-0.39, 0.29) is 29.7 Å². The first kappa shape index (κ1) is 28.4. The van der Waals surface area contributed by atoms with Crippen LogP contribution in [-0.2, 0) is 4.79 Å². The van der Waals surface area contributed by atoms with Crippen LogP contribution in [0.3, 0.4) is 0 Å². The molecule has 0 fully saturated rings. The van der Waals surface area contributed by atoms with E-state index in [0.717, 1.165) is 29.5 Å². The number of aliphatic carboxylic acids is 1. The number of carboxylic acid groups (broad SMARTS) is 1. The zero-order valence-electron chi connectivity index (χ0n) is 21.7. The minimum absolute atomic E-state index is 0.00752. The van der Waals surface area contributed by atoms with Crippen LogP contribution in [0.15, 0.2) is 77.7 Å². The van der Waals surface area contributed by atoms with Crippen LogP contribution in [0.25, 0.3) is 11.1 Å². The van der Waals surface area contributed by atoms with Gasteiger partial charge in [-0.15, -0.1) is 11.8 Å². The van der Waals surface area contributed by atoms with Crippen molar-refractivity contribution in [3.05, 3.63) is 89.5 Å². The number of carbonyl (C=O) groups is 3. The van der Waals surface area contributed by atoms with Crippen LogP contribution < -0.4 is 0 Å². The number of Topliss-reactive ketones (excluding diaryl/α,β-unsaturated/α-hetero) is 2. The molecule has 0 saturated heterocycles. The predicted octanol–water partition coefficient (Wildman–Crippen LogP) is 8.80. The van der Waals surface area contributed by atoms with E-state index in [2.05, 4.69) is 31.2 Å². The summed E-state index contributed by atoms with van der Waals surface area (Å²) in [4.78, 5) is 35.9. The lowest BCUT2D eigenvalue weighted by atomic mass is 10.0. The molecule has 1 N–H and O–H groups in total. The van der Waals surface area contributed by atoms with Crippen LogP contribution in [0, 0.1) is 0 Å². The second-order valence-electron chi connectivity index (χ2n) is 9.41. The highest BCUT2D eigenvalue weighted by molar-refractivity contribution is 7.99. The van der Waals surface area contributed by atoms with Crippen molar-refractivity contribution >= 4 is 29.3 Å². The minimum atomic E-state index is -0.870. The summed E-state index contributed by atoms with van der Waals surface area (Å²) in [5.41, 5.74) is 4.76. The number of hydrogen-bond donors (Lipinski definition) is 1. The molecule has 0 aliphatic carbocycles. The van der Waals surface area contributed by atoms with Crippen molar-refractivity contribution in [1.82, 2.24) is 0 Å². The summed E-state index contributed by atoms with van der Waals surface area (Å²) in [6, 6.07) is 24.1. The highest BCUT2D eigenvalue weighted by Gasteiger charge is 2.15. The standard InChI is InChI=1S/C32H36O4S/c1-3-4-5-6-9-31(28-17-15-27(16-18-28)30(34)8-7-10-32(35)36)37-29-21-19-26(20-22-29)25-13-11-24(12-14-25)23(2)33/h11-22,31H,3-10H2,1-2H3,(H,35,36). The first-order chi connectivity index (χ1) is 17.9. The molecule has 0 spiro atoms. The van der Waals surface area contributed by atoms with Crippen molar-refractivity contribution in [3.8, 4) is 11.1 Å². The highest BCUT2D eigenvalue weighted by atomic mass is 32.2. The van der Waals surface area contributed by atoms with Crippen molar-refractivity contribution in [3.63, 3.8) is 0 Å². The van der Waals surface area contributed by atoms with Crippen LogP contribution in [0.5, 0.6) is 0 Å². The van der Waals surface area contributed by atoms with E-state index in [1.165, 1.54) is 29.7 Å². The molecular weight excluding hydrogens is 480 g/mol. The molecule has 194 valence electrons. The summed E-state index contributed by atoms with van der Waals surface area (Å²) in [5, 5.41) is 9.08. The zero-order chi connectivity index (χ0) is 26.6. The molecule has 3 rings (SSSR count). The molecule has 5 heteroatoms. The lowest BCUT2D eigenvalue weighted by Crippen LogP contribution is -2.02. The molecule has 0 aromatic heterocycles. The van der Waals surface area contributed by atoms with Gasteiger partial charge >= 0.3 is 5.97 Å². The molecule has 37 heavy (non-hydrogen) atoms. The van der Waals surface area contributed by atoms with E-state index in [0.29, 0.717) is 12.0 Å². The summed E-state index contributed by atoms with van der Waals surface area (Å²) in [5.74, 6) is -0.809. The third kappa shape index (κ3) is 9.01. The summed E-state index contributed by atoms with van der Waals surface area (Å²) in [6.07, 6.45) is 6.50. The van der Waals surface area contributed by atoms with Gasteiger partial charge in [0.05, 0.1) is 0 Å². The largest absolute Gasteiger partial charge is 0.481 e. The Balaban J connectivity index is 1.70. The monoisotopic (exact) mass is 516 g/mol. The van der Waals surface area contributed by atoms with Gasteiger partial charge in [-0.1, -0.05) is 93.3 Å². The number of unbranched alkanes of at least 4 members (excludes halogenated alkanes) is 3. The molecule has 4 nitrogen and oxygen atoms in total. The van der Waals surface area contributed by atoms with Gasteiger partial charge in [0.25, 0.3) is 0 Å². The molecule has 0 amide bonds. The second-order valence-corrected chi connectivity index (χ2v) is 10.7. The van der Waals surface area contributed by atoms with Gasteiger partial charge in [-0.05, 0) is 48.6 Å². The Bertz CT molecular complexity index is 1160. The molecule has 0 saturated carbocycles. The Labute approximate surface area is 224 Å². The number of benzene rings is 3. The topological polar surface area (TPSA) is 71.4 Å². The number of carboxylic acids is 1. The maximum atomic E-state index is 12.4. The van der Waals surface area contributed by atoms with Crippen molar-refractivity contribution in [2.24, 2.45) is 0 Å². The maximum Gasteiger partial charge on any atom is 0.303 e. The summed E-state index contributed by atoms with van der Waals surface area (Å²) in [7, 11) is 0. The van der Waals surface area contributed by atoms with Gasteiger partial charge in [-0.25, -0.2) is 0 Å². The quantitative estimate of drug-likeness (QED) is 0.124. The van der Waals surface area contributed by atoms with E-state index in [1.807, 2.05) is 60.3 Å². The molecule has 0 aliphatic heterocycles. The third-order valence-corrected chi connectivity index (χ3v) is 7.81. The van der Waals surface area contributed by atoms with Crippen molar-refractivity contribution in [1.29, 1.82) is 0 Å². The number of hydrogen-bond acceptors (Lipinski definition) is 4. The molecular formula is C32H36O4S. The van der Waals surface area contributed by atoms with Gasteiger partial charge in [-0.3, -0.25) is 14.4 Å². The van der Waals surface area contributed by atoms with Gasteiger partial charge in [0.1, 0.15) is 0 Å². The first-order valence-electron chi connectivity index (χ1n) is 13.1. The summed E-state index contributed by atoms with van der Waals surface area (Å²) in [6.45, 7) is 3.79. The van der Waals surface area contributed by atoms with Gasteiger partial charge in [0.15, 0.2) is 11.6 Å². The summed E-state index contributed by atoms with van der Waals surface area (Å²) >= 11 is 1.85. The smallest absolute Gasteiger partial charge is 0.303 e. The Morgan fingerprint density at radius 3 is 1.89 bits per heavy atom. The predicted molar refractivity (Wildman–Crippen MR) is 151 cm³/mol. The van der Waals surface area contributed by atoms with Crippen LogP contribution in [0.4, 0.5) is 0 Å². The number of thioether (sulfide) groups is 1. The number of carbonyl (C=O) groups excluding carboxylic acids is 2. The summed E-state index contributed by atoms with van der Waals surface area (Å²) < 4.78 is 0. The fraction of sp³-hybridized carbons (Fsp3) is 0.344. The van der Waals surface area contributed by atoms with E-state index in [9.17, 15) is 14.4 Å². The third-order valence-electron chi connectivity index (χ3n) is 6.48. The average Bonchev–Trinajstić information content (AvgIpc) is 2.90. The molecule has 0 aliphatic rings. The molecule has 0 heterocycles. The van der Waals surface area contributed by atoms with E-state index < -0.39 is 5.97 Å². The van der Waals surface area contributed by atoms with Gasteiger partial charge in [-0.2, -0.15) is 0 Å². The SMILES string of the molecule is CCCCCCC(Sc1ccc(-c2ccc(C(C)=O)cc2)cc1)c1ccc(C(=O)CCCC(=O)O)cc1. The first-order valence-corrected chi connectivity index (χ1v) is 14.0. The Hall–Kier alpha value is -3.18. The minimum Gasteiger partial charge on any atom is -0.481 e. The lowest BCUT2D eigenvalue weighted by Gasteiger charge is -2.18. The maximum absolute atomic E-state index is 12.4. The van der Waals surface area contributed by atoms with Gasteiger partial charge < -0.3 is 5.11 Å². The molecule has 1 atom stereocenters. The fourth-order valence-electron chi connectivity index (χ4n) is 4.27. The molecule has 3 aromatic carbocycles. The number of ketones is 2. The Morgan fingerprint density at radius 2 is 1.32 bits per heavy atom. The van der Waals surface area contributed by atoms with E-state index in [1.54, 1.807) is 6.92 Å². The normalized spacial score (nSPS) is 11.7. The van der Waals surface area contributed by atoms with E-state index in [4.69, 9.17) is 5.11 Å². The molecule has 1 unspecified atom stereocenters. The second kappa shape index (κ2) is 14.5. The Morgan fingerprint density at radius 1 is 0.730 bits per heavy atom. The van der Waals surface area contributed by atoms with Gasteiger partial charge in [0, 0.05) is 34.1 Å².